The highest BCUT2D eigenvalue weighted by molar-refractivity contribution is 5.02. The van der Waals surface area contributed by atoms with E-state index in [-0.39, 0.29) is 0 Å². The van der Waals surface area contributed by atoms with E-state index in [0.717, 1.165) is 24.4 Å². The zero-order chi connectivity index (χ0) is 9.80. The molecule has 0 aromatic carbocycles. The van der Waals surface area contributed by atoms with E-state index in [4.69, 9.17) is 0 Å². The predicted molar refractivity (Wildman–Crippen MR) is 56.1 cm³/mol. The summed E-state index contributed by atoms with van der Waals surface area (Å²) in [5.41, 5.74) is 1.13. The maximum absolute atomic E-state index is 4.32. The van der Waals surface area contributed by atoms with Crippen molar-refractivity contribution in [3.05, 3.63) is 23.8 Å². The van der Waals surface area contributed by atoms with Gasteiger partial charge in [-0.15, -0.1) is 0 Å². The molecule has 0 saturated carbocycles. The summed E-state index contributed by atoms with van der Waals surface area (Å²) >= 11 is 0. The molecule has 2 rings (SSSR count). The fourth-order valence-electron chi connectivity index (χ4n) is 1.84. The molecule has 0 radical (unpaired) electrons. The Bertz CT molecular complexity index is 275. The minimum absolute atomic E-state index is 0.589. The Morgan fingerprint density at radius 1 is 1.36 bits per heavy atom. The van der Waals surface area contributed by atoms with Gasteiger partial charge in [-0.25, -0.2) is 9.97 Å². The SMILES string of the molecule is Cc1cnc(CC2CCCCN2)nc1. The van der Waals surface area contributed by atoms with Gasteiger partial charge < -0.3 is 5.32 Å². The highest BCUT2D eigenvalue weighted by Crippen LogP contribution is 2.10. The van der Waals surface area contributed by atoms with Crippen LogP contribution in [0.3, 0.4) is 0 Å². The first-order chi connectivity index (χ1) is 6.84. The number of nitrogens with one attached hydrogen (secondary N) is 1. The number of rotatable bonds is 2. The molecule has 2 heterocycles. The van der Waals surface area contributed by atoms with Crippen molar-refractivity contribution in [3.63, 3.8) is 0 Å². The van der Waals surface area contributed by atoms with Gasteiger partial charge >= 0.3 is 0 Å². The Balaban J connectivity index is 1.92. The van der Waals surface area contributed by atoms with E-state index >= 15 is 0 Å². The van der Waals surface area contributed by atoms with E-state index in [9.17, 15) is 0 Å². The second-order valence-corrected chi connectivity index (χ2v) is 4.03. The van der Waals surface area contributed by atoms with Gasteiger partial charge in [-0.05, 0) is 31.9 Å². The van der Waals surface area contributed by atoms with Crippen LogP contribution in [0, 0.1) is 6.92 Å². The summed E-state index contributed by atoms with van der Waals surface area (Å²) in [5, 5.41) is 3.50. The summed E-state index contributed by atoms with van der Waals surface area (Å²) in [6, 6.07) is 0.589. The van der Waals surface area contributed by atoms with E-state index in [1.54, 1.807) is 0 Å². The van der Waals surface area contributed by atoms with Gasteiger partial charge in [0.25, 0.3) is 0 Å². The van der Waals surface area contributed by atoms with Crippen molar-refractivity contribution in [3.8, 4) is 0 Å². The zero-order valence-electron chi connectivity index (χ0n) is 8.66. The Kier molecular flexibility index (Phi) is 3.09. The lowest BCUT2D eigenvalue weighted by Crippen LogP contribution is -2.36. The second kappa shape index (κ2) is 4.51. The van der Waals surface area contributed by atoms with Crippen LogP contribution in [-0.2, 0) is 6.42 Å². The van der Waals surface area contributed by atoms with Crippen LogP contribution in [0.5, 0.6) is 0 Å². The Hall–Kier alpha value is -0.960. The molecule has 1 atom stereocenters. The number of hydrogen-bond acceptors (Lipinski definition) is 3. The minimum Gasteiger partial charge on any atom is -0.314 e. The lowest BCUT2D eigenvalue weighted by Gasteiger charge is -2.22. The second-order valence-electron chi connectivity index (χ2n) is 4.03. The molecule has 76 valence electrons. The van der Waals surface area contributed by atoms with Crippen LogP contribution in [0.2, 0.25) is 0 Å². The van der Waals surface area contributed by atoms with E-state index in [2.05, 4.69) is 15.3 Å². The number of aromatic nitrogens is 2. The van der Waals surface area contributed by atoms with Crippen molar-refractivity contribution in [2.45, 2.75) is 38.6 Å². The monoisotopic (exact) mass is 191 g/mol. The van der Waals surface area contributed by atoms with Crippen LogP contribution in [0.25, 0.3) is 0 Å². The standard InChI is InChI=1S/C11H17N3/c1-9-7-13-11(14-8-9)6-10-4-2-3-5-12-10/h7-8,10,12H,2-6H2,1H3. The number of piperidine rings is 1. The third-order valence-electron chi connectivity index (χ3n) is 2.68. The van der Waals surface area contributed by atoms with Crippen LogP contribution in [0.1, 0.15) is 30.7 Å². The average molecular weight is 191 g/mol. The molecule has 1 aromatic heterocycles. The van der Waals surface area contributed by atoms with E-state index in [1.165, 1.54) is 19.3 Å². The molecular formula is C11H17N3. The van der Waals surface area contributed by atoms with E-state index in [0.29, 0.717) is 6.04 Å². The summed E-state index contributed by atoms with van der Waals surface area (Å²) < 4.78 is 0. The smallest absolute Gasteiger partial charge is 0.129 e. The van der Waals surface area contributed by atoms with Crippen LogP contribution >= 0.6 is 0 Å². The Morgan fingerprint density at radius 2 is 2.14 bits per heavy atom. The quantitative estimate of drug-likeness (QED) is 0.769. The normalized spacial score (nSPS) is 22.2. The molecule has 3 heteroatoms. The molecule has 0 spiro atoms. The molecule has 0 bridgehead atoms. The van der Waals surface area contributed by atoms with E-state index < -0.39 is 0 Å². The Morgan fingerprint density at radius 3 is 2.79 bits per heavy atom. The van der Waals surface area contributed by atoms with Crippen molar-refractivity contribution in [1.29, 1.82) is 0 Å². The van der Waals surface area contributed by atoms with Gasteiger partial charge in [0.05, 0.1) is 0 Å². The Labute approximate surface area is 85.0 Å². The van der Waals surface area contributed by atoms with Gasteiger partial charge in [0.15, 0.2) is 0 Å². The first kappa shape index (κ1) is 9.59. The lowest BCUT2D eigenvalue weighted by molar-refractivity contribution is 0.394. The van der Waals surface area contributed by atoms with Crippen LogP contribution in [0.15, 0.2) is 12.4 Å². The molecule has 1 saturated heterocycles. The third-order valence-corrected chi connectivity index (χ3v) is 2.68. The number of hydrogen-bond donors (Lipinski definition) is 1. The summed E-state index contributed by atoms with van der Waals surface area (Å²) in [4.78, 5) is 8.64. The highest BCUT2D eigenvalue weighted by Gasteiger charge is 2.13. The third kappa shape index (κ3) is 2.51. The first-order valence-electron chi connectivity index (χ1n) is 5.35. The lowest BCUT2D eigenvalue weighted by atomic mass is 10.0. The van der Waals surface area contributed by atoms with Gasteiger partial charge in [-0.3, -0.25) is 0 Å². The molecule has 3 nitrogen and oxygen atoms in total. The minimum atomic E-state index is 0.589. The number of nitrogens with zero attached hydrogens (tertiary/aromatic N) is 2. The summed E-state index contributed by atoms with van der Waals surface area (Å²) in [5.74, 6) is 0.968. The fraction of sp³-hybridized carbons (Fsp3) is 0.636. The molecule has 14 heavy (non-hydrogen) atoms. The summed E-state index contributed by atoms with van der Waals surface area (Å²) in [6.07, 6.45) is 8.67. The molecule has 0 aliphatic carbocycles. The molecule has 1 unspecified atom stereocenters. The molecule has 1 aromatic rings. The topological polar surface area (TPSA) is 37.8 Å². The molecule has 1 aliphatic rings. The van der Waals surface area contributed by atoms with Gasteiger partial charge in [-0.2, -0.15) is 0 Å². The molecular weight excluding hydrogens is 174 g/mol. The summed E-state index contributed by atoms with van der Waals surface area (Å²) in [7, 11) is 0. The number of aryl methyl sites for hydroxylation is 1. The zero-order valence-corrected chi connectivity index (χ0v) is 8.66. The van der Waals surface area contributed by atoms with Crippen molar-refractivity contribution in [2.24, 2.45) is 0 Å². The molecule has 1 aliphatic heterocycles. The fourth-order valence-corrected chi connectivity index (χ4v) is 1.84. The maximum atomic E-state index is 4.32. The van der Waals surface area contributed by atoms with Gasteiger partial charge in [0, 0.05) is 24.9 Å². The first-order valence-corrected chi connectivity index (χ1v) is 5.35. The van der Waals surface area contributed by atoms with Crippen LogP contribution in [-0.4, -0.2) is 22.6 Å². The van der Waals surface area contributed by atoms with Crippen molar-refractivity contribution in [2.75, 3.05) is 6.54 Å². The average Bonchev–Trinajstić information content (AvgIpc) is 2.23. The van der Waals surface area contributed by atoms with Crippen LogP contribution < -0.4 is 5.32 Å². The molecule has 0 amide bonds. The van der Waals surface area contributed by atoms with Crippen LogP contribution in [0.4, 0.5) is 0 Å². The summed E-state index contributed by atoms with van der Waals surface area (Å²) in [6.45, 7) is 3.17. The predicted octanol–water partition coefficient (Wildman–Crippen LogP) is 1.47. The van der Waals surface area contributed by atoms with Crippen molar-refractivity contribution >= 4 is 0 Å². The van der Waals surface area contributed by atoms with Gasteiger partial charge in [-0.1, -0.05) is 6.42 Å². The van der Waals surface area contributed by atoms with Gasteiger partial charge in [0.2, 0.25) is 0 Å². The molecule has 1 N–H and O–H groups in total. The largest absolute Gasteiger partial charge is 0.314 e. The van der Waals surface area contributed by atoms with Crippen molar-refractivity contribution < 1.29 is 0 Å². The van der Waals surface area contributed by atoms with E-state index in [1.807, 2.05) is 19.3 Å². The highest BCUT2D eigenvalue weighted by atomic mass is 14.9. The van der Waals surface area contributed by atoms with Gasteiger partial charge in [0.1, 0.15) is 5.82 Å². The molecule has 1 fully saturated rings. The maximum Gasteiger partial charge on any atom is 0.129 e. The van der Waals surface area contributed by atoms with Crippen molar-refractivity contribution in [1.82, 2.24) is 15.3 Å².